The molecule has 0 aromatic rings. The first-order valence-electron chi connectivity index (χ1n) is 5.59. The zero-order chi connectivity index (χ0) is 12.3. The predicted octanol–water partition coefficient (Wildman–Crippen LogP) is 4.64. The fourth-order valence-electron chi connectivity index (χ4n) is 1.92. The highest BCUT2D eigenvalue weighted by molar-refractivity contribution is 5.51. The fraction of sp³-hybridized carbons (Fsp3) is 0.286. The van der Waals surface area contributed by atoms with Crippen molar-refractivity contribution in [3.05, 3.63) is 59.3 Å². The minimum atomic E-state index is -4.20. The molecular weight excluding hydrogens is 225 g/mol. The second-order valence-electron chi connectivity index (χ2n) is 4.05. The summed E-state index contributed by atoms with van der Waals surface area (Å²) >= 11 is 0. The van der Waals surface area contributed by atoms with Crippen molar-refractivity contribution in [2.45, 2.75) is 25.4 Å². The van der Waals surface area contributed by atoms with Crippen LogP contribution in [0.4, 0.5) is 13.2 Å². The third-order valence-electron chi connectivity index (χ3n) is 2.80. The van der Waals surface area contributed by atoms with Gasteiger partial charge in [-0.1, -0.05) is 36.5 Å². The van der Waals surface area contributed by atoms with Gasteiger partial charge in [-0.3, -0.25) is 0 Å². The number of hydrogen-bond donors (Lipinski definition) is 0. The van der Waals surface area contributed by atoms with E-state index in [0.29, 0.717) is 12.0 Å². The predicted molar refractivity (Wildman–Crippen MR) is 62.4 cm³/mol. The van der Waals surface area contributed by atoms with Gasteiger partial charge in [-0.05, 0) is 36.5 Å². The number of alkyl halides is 3. The first kappa shape index (κ1) is 12.0. The Morgan fingerprint density at radius 3 is 2.59 bits per heavy atom. The summed E-state index contributed by atoms with van der Waals surface area (Å²) in [5.41, 5.74) is 1.13. The lowest BCUT2D eigenvalue weighted by Gasteiger charge is -2.17. The van der Waals surface area contributed by atoms with E-state index in [2.05, 4.69) is 0 Å². The van der Waals surface area contributed by atoms with E-state index in [9.17, 15) is 13.2 Å². The number of halogens is 3. The minimum Gasteiger partial charge on any atom is -0.166 e. The molecule has 17 heavy (non-hydrogen) atoms. The summed E-state index contributed by atoms with van der Waals surface area (Å²) in [5.74, 6) is 0. The normalized spacial score (nSPS) is 20.5. The molecule has 0 unspecified atom stereocenters. The summed E-state index contributed by atoms with van der Waals surface area (Å²) in [6.07, 6.45) is 9.77. The third kappa shape index (κ3) is 2.99. The molecule has 0 N–H and O–H groups in total. The number of allylic oxidation sites excluding steroid dienone is 10. The summed E-state index contributed by atoms with van der Waals surface area (Å²) in [7, 11) is 0. The van der Waals surface area contributed by atoms with Gasteiger partial charge in [0, 0.05) is 5.57 Å². The molecule has 0 heterocycles. The quantitative estimate of drug-likeness (QED) is 0.624. The summed E-state index contributed by atoms with van der Waals surface area (Å²) in [6.45, 7) is 0. The summed E-state index contributed by atoms with van der Waals surface area (Å²) in [6, 6.07) is 0. The zero-order valence-electron chi connectivity index (χ0n) is 9.30. The fourth-order valence-corrected chi connectivity index (χ4v) is 1.92. The van der Waals surface area contributed by atoms with Crippen LogP contribution >= 0.6 is 0 Å². The molecule has 0 saturated carbocycles. The van der Waals surface area contributed by atoms with Crippen LogP contribution in [0.1, 0.15) is 19.3 Å². The van der Waals surface area contributed by atoms with E-state index in [1.54, 1.807) is 0 Å². The Morgan fingerprint density at radius 2 is 1.82 bits per heavy atom. The molecule has 0 aromatic heterocycles. The van der Waals surface area contributed by atoms with Crippen molar-refractivity contribution in [2.24, 2.45) is 0 Å². The number of rotatable bonds is 1. The van der Waals surface area contributed by atoms with Crippen LogP contribution in [0.3, 0.4) is 0 Å². The Balaban J connectivity index is 2.26. The average molecular weight is 238 g/mol. The molecule has 90 valence electrons. The van der Waals surface area contributed by atoms with E-state index in [-0.39, 0.29) is 6.42 Å². The summed E-state index contributed by atoms with van der Waals surface area (Å²) in [4.78, 5) is 0. The molecule has 0 aromatic carbocycles. The Kier molecular flexibility index (Phi) is 3.36. The Bertz CT molecular complexity index is 443. The maximum Gasteiger partial charge on any atom is 0.412 e. The van der Waals surface area contributed by atoms with E-state index in [1.165, 1.54) is 6.08 Å². The number of hydrogen-bond acceptors (Lipinski definition) is 0. The van der Waals surface area contributed by atoms with Gasteiger partial charge >= 0.3 is 6.18 Å². The molecule has 0 nitrogen and oxygen atoms in total. The third-order valence-corrected chi connectivity index (χ3v) is 2.80. The lowest BCUT2D eigenvalue weighted by Crippen LogP contribution is -2.14. The summed E-state index contributed by atoms with van der Waals surface area (Å²) < 4.78 is 37.9. The van der Waals surface area contributed by atoms with Gasteiger partial charge in [0.2, 0.25) is 0 Å². The highest BCUT2D eigenvalue weighted by atomic mass is 19.4. The Labute approximate surface area is 98.5 Å². The summed E-state index contributed by atoms with van der Waals surface area (Å²) in [5, 5.41) is 0. The molecule has 0 fully saturated rings. The van der Waals surface area contributed by atoms with Crippen molar-refractivity contribution in [3.8, 4) is 0 Å². The Morgan fingerprint density at radius 1 is 1.00 bits per heavy atom. The minimum absolute atomic E-state index is 0.0856. The van der Waals surface area contributed by atoms with E-state index in [4.69, 9.17) is 0 Å². The second kappa shape index (κ2) is 4.78. The standard InChI is InChI=1S/C14H13F3/c15-14(16,17)13-9-5-8-12(10-13)11-6-3-1-2-4-7-11/h1-3,6-8,10H,4-5,9H2. The van der Waals surface area contributed by atoms with Crippen molar-refractivity contribution in [1.29, 1.82) is 0 Å². The van der Waals surface area contributed by atoms with Gasteiger partial charge < -0.3 is 0 Å². The van der Waals surface area contributed by atoms with Crippen LogP contribution in [-0.4, -0.2) is 6.18 Å². The monoisotopic (exact) mass is 238 g/mol. The molecular formula is C14H13F3. The lowest BCUT2D eigenvalue weighted by molar-refractivity contribution is -0.0941. The largest absolute Gasteiger partial charge is 0.412 e. The molecule has 2 aliphatic rings. The smallest absolute Gasteiger partial charge is 0.166 e. The maximum absolute atomic E-state index is 12.6. The van der Waals surface area contributed by atoms with Crippen molar-refractivity contribution in [2.75, 3.05) is 0 Å². The average Bonchev–Trinajstić information content (AvgIpc) is 2.56. The van der Waals surface area contributed by atoms with Crippen LogP contribution in [-0.2, 0) is 0 Å². The molecule has 2 rings (SSSR count). The molecule has 0 radical (unpaired) electrons. The molecule has 0 saturated heterocycles. The molecule has 3 heteroatoms. The first-order chi connectivity index (χ1) is 8.07. The Hall–Kier alpha value is -1.51. The van der Waals surface area contributed by atoms with Gasteiger partial charge in [0.1, 0.15) is 0 Å². The molecule has 0 amide bonds. The van der Waals surface area contributed by atoms with Gasteiger partial charge in [-0.2, -0.15) is 13.2 Å². The first-order valence-corrected chi connectivity index (χ1v) is 5.59. The van der Waals surface area contributed by atoms with E-state index in [1.807, 2.05) is 36.5 Å². The molecule has 2 aliphatic carbocycles. The van der Waals surface area contributed by atoms with E-state index in [0.717, 1.165) is 12.0 Å². The van der Waals surface area contributed by atoms with Crippen molar-refractivity contribution >= 4 is 0 Å². The maximum atomic E-state index is 12.6. The van der Waals surface area contributed by atoms with E-state index >= 15 is 0 Å². The van der Waals surface area contributed by atoms with Gasteiger partial charge in [-0.25, -0.2) is 0 Å². The highest BCUT2D eigenvalue weighted by Crippen LogP contribution is 2.34. The van der Waals surface area contributed by atoms with Gasteiger partial charge in [0.25, 0.3) is 0 Å². The topological polar surface area (TPSA) is 0 Å². The van der Waals surface area contributed by atoms with Crippen LogP contribution in [0.2, 0.25) is 0 Å². The molecule has 0 spiro atoms. The van der Waals surface area contributed by atoms with Crippen LogP contribution < -0.4 is 0 Å². The van der Waals surface area contributed by atoms with Crippen LogP contribution in [0.15, 0.2) is 59.3 Å². The highest BCUT2D eigenvalue weighted by Gasteiger charge is 2.33. The van der Waals surface area contributed by atoms with Crippen molar-refractivity contribution in [1.82, 2.24) is 0 Å². The van der Waals surface area contributed by atoms with Crippen molar-refractivity contribution < 1.29 is 13.2 Å². The van der Waals surface area contributed by atoms with Gasteiger partial charge in [0.05, 0.1) is 0 Å². The van der Waals surface area contributed by atoms with Crippen LogP contribution in [0.25, 0.3) is 0 Å². The van der Waals surface area contributed by atoms with Crippen molar-refractivity contribution in [3.63, 3.8) is 0 Å². The second-order valence-corrected chi connectivity index (χ2v) is 4.05. The SMILES string of the molecule is FC(F)(F)C1=CC(C2=CCC=CC=C2)=CCC1. The van der Waals surface area contributed by atoms with E-state index < -0.39 is 11.7 Å². The van der Waals surface area contributed by atoms with Gasteiger partial charge in [-0.15, -0.1) is 0 Å². The zero-order valence-corrected chi connectivity index (χ0v) is 9.30. The van der Waals surface area contributed by atoms with Crippen LogP contribution in [0, 0.1) is 0 Å². The van der Waals surface area contributed by atoms with Gasteiger partial charge in [0.15, 0.2) is 0 Å². The van der Waals surface area contributed by atoms with Crippen LogP contribution in [0.5, 0.6) is 0 Å². The molecule has 0 aliphatic heterocycles. The molecule has 0 atom stereocenters. The molecule has 0 bridgehead atoms. The lowest BCUT2D eigenvalue weighted by atomic mass is 9.93.